The maximum Gasteiger partial charge on any atom is 0.416 e. The van der Waals surface area contributed by atoms with E-state index in [2.05, 4.69) is 6.92 Å². The highest BCUT2D eigenvalue weighted by atomic mass is 32.1. The van der Waals surface area contributed by atoms with Crippen LogP contribution in [0, 0.1) is 6.92 Å². The molecule has 5 nitrogen and oxygen atoms in total. The van der Waals surface area contributed by atoms with E-state index in [9.17, 15) is 27.9 Å². The highest BCUT2D eigenvalue weighted by Crippen LogP contribution is 2.34. The Bertz CT molecular complexity index is 1300. The summed E-state index contributed by atoms with van der Waals surface area (Å²) in [5.74, 6) is -0.888. The first kappa shape index (κ1) is 30.3. The van der Waals surface area contributed by atoms with Crippen LogP contribution in [0.5, 0.6) is 5.75 Å². The van der Waals surface area contributed by atoms with E-state index in [4.69, 9.17) is 9.72 Å². The van der Waals surface area contributed by atoms with E-state index in [0.717, 1.165) is 60.4 Å². The van der Waals surface area contributed by atoms with Crippen LogP contribution in [-0.2, 0) is 23.8 Å². The van der Waals surface area contributed by atoms with Crippen LogP contribution in [0.3, 0.4) is 0 Å². The van der Waals surface area contributed by atoms with Crippen molar-refractivity contribution in [1.82, 2.24) is 4.98 Å². The molecule has 0 bridgehead atoms. The quantitative estimate of drug-likeness (QED) is 0.168. The molecule has 0 atom stereocenters. The lowest BCUT2D eigenvalue weighted by Crippen LogP contribution is -2.38. The summed E-state index contributed by atoms with van der Waals surface area (Å²) in [7, 11) is 0. The SMILES string of the molecule is CCCCCCc1nc(-c2ccc(C(F)(F)F)cc2)sc1CCC(=O)c1ccc(C)c(OC(C)(C)C(=O)O)c1. The summed E-state index contributed by atoms with van der Waals surface area (Å²) >= 11 is 1.41. The Morgan fingerprint density at radius 1 is 1.00 bits per heavy atom. The van der Waals surface area contributed by atoms with Crippen molar-refractivity contribution in [2.75, 3.05) is 0 Å². The number of benzene rings is 2. The molecule has 0 aliphatic heterocycles. The number of unbranched alkanes of at least 4 members (excludes halogenated alkanes) is 3. The van der Waals surface area contributed by atoms with E-state index in [-0.39, 0.29) is 12.2 Å². The number of halogens is 3. The normalized spacial score (nSPS) is 12.0. The fraction of sp³-hybridized carbons (Fsp3) is 0.433. The number of rotatable bonds is 13. The van der Waals surface area contributed by atoms with Gasteiger partial charge in [-0.1, -0.05) is 50.5 Å². The fourth-order valence-corrected chi connectivity index (χ4v) is 5.10. The summed E-state index contributed by atoms with van der Waals surface area (Å²) in [6, 6.07) is 9.99. The van der Waals surface area contributed by atoms with Crippen molar-refractivity contribution in [1.29, 1.82) is 0 Å². The number of ether oxygens (including phenoxy) is 1. The number of carboxylic acid groups (broad SMARTS) is 1. The molecule has 0 saturated carbocycles. The maximum atomic E-state index is 13.1. The van der Waals surface area contributed by atoms with Crippen molar-refractivity contribution in [2.24, 2.45) is 0 Å². The summed E-state index contributed by atoms with van der Waals surface area (Å²) in [4.78, 5) is 30.3. The van der Waals surface area contributed by atoms with Crippen LogP contribution in [0.1, 0.15) is 84.9 Å². The summed E-state index contributed by atoms with van der Waals surface area (Å²) in [5.41, 5.74) is 0.488. The van der Waals surface area contributed by atoms with Crippen LogP contribution in [0.25, 0.3) is 10.6 Å². The Balaban J connectivity index is 1.79. The highest BCUT2D eigenvalue weighted by Gasteiger charge is 2.31. The van der Waals surface area contributed by atoms with Gasteiger partial charge >= 0.3 is 12.1 Å². The van der Waals surface area contributed by atoms with Gasteiger partial charge in [0.25, 0.3) is 0 Å². The van der Waals surface area contributed by atoms with Crippen molar-refractivity contribution >= 4 is 23.1 Å². The van der Waals surface area contributed by atoms with Gasteiger partial charge in [0, 0.05) is 22.4 Å². The third kappa shape index (κ3) is 8.14. The number of carbonyl (C=O) groups excluding carboxylic acids is 1. The molecular weight excluding hydrogens is 527 g/mol. The van der Waals surface area contributed by atoms with E-state index in [1.165, 1.54) is 37.3 Å². The van der Waals surface area contributed by atoms with Gasteiger partial charge in [-0.3, -0.25) is 4.79 Å². The number of ketones is 1. The van der Waals surface area contributed by atoms with Gasteiger partial charge in [-0.2, -0.15) is 13.2 Å². The molecule has 9 heteroatoms. The number of Topliss-reactive ketones (excluding diaryl/α,β-unsaturated/α-hetero) is 1. The van der Waals surface area contributed by atoms with Crippen molar-refractivity contribution in [3.05, 3.63) is 69.7 Å². The summed E-state index contributed by atoms with van der Waals surface area (Å²) in [5, 5.41) is 10.0. The number of aromatic nitrogens is 1. The molecule has 0 radical (unpaired) electrons. The van der Waals surface area contributed by atoms with Gasteiger partial charge in [-0.15, -0.1) is 11.3 Å². The second kappa shape index (κ2) is 12.8. The van der Waals surface area contributed by atoms with E-state index >= 15 is 0 Å². The van der Waals surface area contributed by atoms with Crippen molar-refractivity contribution in [3.8, 4) is 16.3 Å². The molecule has 0 spiro atoms. The van der Waals surface area contributed by atoms with Gasteiger partial charge in [-0.25, -0.2) is 9.78 Å². The third-order valence-corrected chi connectivity index (χ3v) is 7.68. The summed E-state index contributed by atoms with van der Waals surface area (Å²) < 4.78 is 44.7. The lowest BCUT2D eigenvalue weighted by Gasteiger charge is -2.23. The number of thiazole rings is 1. The minimum absolute atomic E-state index is 0.116. The molecule has 0 fully saturated rings. The molecule has 210 valence electrons. The fourth-order valence-electron chi connectivity index (χ4n) is 3.99. The largest absolute Gasteiger partial charge is 0.478 e. The molecule has 0 amide bonds. The zero-order chi connectivity index (χ0) is 28.8. The number of aryl methyl sites for hydroxylation is 3. The standard InChI is InChI=1S/C30H34F3NO4S/c1-5-6-7-8-9-23-26(39-27(34-23)20-12-14-22(15-13-20)30(31,32)33)17-16-24(35)21-11-10-19(2)25(18-21)38-29(3,4)28(36)37/h10-15,18H,5-9,16-17H2,1-4H3,(H,36,37). The number of carbonyl (C=O) groups is 2. The molecule has 2 aromatic carbocycles. The second-order valence-corrected chi connectivity index (χ2v) is 11.2. The maximum absolute atomic E-state index is 13.1. The number of hydrogen-bond acceptors (Lipinski definition) is 5. The summed E-state index contributed by atoms with van der Waals surface area (Å²) in [6.45, 7) is 6.81. The minimum Gasteiger partial charge on any atom is -0.478 e. The zero-order valence-corrected chi connectivity index (χ0v) is 23.5. The molecular formula is C30H34F3NO4S. The molecule has 0 saturated heterocycles. The Hall–Kier alpha value is -3.20. The van der Waals surface area contributed by atoms with Crippen molar-refractivity contribution < 1.29 is 32.6 Å². The van der Waals surface area contributed by atoms with E-state index in [1.807, 2.05) is 0 Å². The number of nitrogens with zero attached hydrogens (tertiary/aromatic N) is 1. The van der Waals surface area contributed by atoms with E-state index < -0.39 is 23.3 Å². The average Bonchev–Trinajstić information content (AvgIpc) is 3.28. The van der Waals surface area contributed by atoms with E-state index in [1.54, 1.807) is 25.1 Å². The van der Waals surface area contributed by atoms with Crippen LogP contribution >= 0.6 is 11.3 Å². The molecule has 0 aliphatic carbocycles. The molecule has 3 rings (SSSR count). The molecule has 0 unspecified atom stereocenters. The predicted octanol–water partition coefficient (Wildman–Crippen LogP) is 8.32. The first-order valence-corrected chi connectivity index (χ1v) is 13.9. The topological polar surface area (TPSA) is 76.5 Å². The average molecular weight is 562 g/mol. The first-order valence-electron chi connectivity index (χ1n) is 13.0. The number of alkyl halides is 3. The van der Waals surface area contributed by atoms with E-state index in [0.29, 0.717) is 28.3 Å². The van der Waals surface area contributed by atoms with Crippen LogP contribution < -0.4 is 4.74 Å². The smallest absolute Gasteiger partial charge is 0.416 e. The van der Waals surface area contributed by atoms with Crippen LogP contribution in [0.4, 0.5) is 13.2 Å². The predicted molar refractivity (Wildman–Crippen MR) is 147 cm³/mol. The zero-order valence-electron chi connectivity index (χ0n) is 22.7. The van der Waals surface area contributed by atoms with Gasteiger partial charge in [0.2, 0.25) is 0 Å². The molecule has 1 N–H and O–H groups in total. The Kier molecular flexibility index (Phi) is 9.93. The number of aliphatic carboxylic acids is 1. The molecule has 0 aliphatic rings. The highest BCUT2D eigenvalue weighted by molar-refractivity contribution is 7.15. The van der Waals surface area contributed by atoms with Gasteiger partial charge in [0.05, 0.1) is 11.3 Å². The van der Waals surface area contributed by atoms with Crippen LogP contribution in [0.15, 0.2) is 42.5 Å². The third-order valence-electron chi connectivity index (χ3n) is 6.47. The van der Waals surface area contributed by atoms with Crippen molar-refractivity contribution in [3.63, 3.8) is 0 Å². The second-order valence-electron chi connectivity index (χ2n) is 10.1. The number of hydrogen-bond donors (Lipinski definition) is 1. The lowest BCUT2D eigenvalue weighted by atomic mass is 10.0. The monoisotopic (exact) mass is 561 g/mol. The Labute approximate surface area is 231 Å². The first-order chi connectivity index (χ1) is 18.3. The molecule has 1 heterocycles. The molecule has 1 aromatic heterocycles. The Morgan fingerprint density at radius 3 is 2.31 bits per heavy atom. The van der Waals surface area contributed by atoms with Gasteiger partial charge < -0.3 is 9.84 Å². The minimum atomic E-state index is -4.40. The number of carboxylic acids is 1. The molecule has 39 heavy (non-hydrogen) atoms. The summed E-state index contributed by atoms with van der Waals surface area (Å²) in [6.07, 6.45) is 1.21. The van der Waals surface area contributed by atoms with Gasteiger partial charge in [0.15, 0.2) is 11.4 Å². The van der Waals surface area contributed by atoms with Crippen LogP contribution in [0.2, 0.25) is 0 Å². The van der Waals surface area contributed by atoms with Crippen molar-refractivity contribution in [2.45, 2.75) is 84.4 Å². The van der Waals surface area contributed by atoms with Gasteiger partial charge in [-0.05, 0) is 63.8 Å². The van der Waals surface area contributed by atoms with Crippen LogP contribution in [-0.4, -0.2) is 27.4 Å². The van der Waals surface area contributed by atoms with Gasteiger partial charge in [0.1, 0.15) is 10.8 Å². The lowest BCUT2D eigenvalue weighted by molar-refractivity contribution is -0.152. The Morgan fingerprint density at radius 2 is 1.69 bits per heavy atom. The molecule has 3 aromatic rings.